The molecule has 2 saturated heterocycles. The van der Waals surface area contributed by atoms with Crippen molar-refractivity contribution in [3.05, 3.63) is 87.9 Å². The molecule has 5 N–H and O–H groups in total. The van der Waals surface area contributed by atoms with Crippen molar-refractivity contribution in [2.45, 2.75) is 174 Å². The first-order chi connectivity index (χ1) is 40.0. The number of aromatic nitrogens is 5. The molecule has 5 aromatic rings. The van der Waals surface area contributed by atoms with Gasteiger partial charge in [-0.05, 0) is 85.3 Å². The average Bonchev–Trinajstić information content (AvgIpc) is 3.83. The Labute approximate surface area is 489 Å². The molecule has 0 bridgehead atoms. The Morgan fingerprint density at radius 3 is 2.34 bits per heavy atom. The highest BCUT2D eigenvalue weighted by Gasteiger charge is 2.44. The normalized spacial score (nSPS) is 17.8. The first-order valence-electron chi connectivity index (χ1n) is 29.7. The van der Waals surface area contributed by atoms with Gasteiger partial charge in [-0.1, -0.05) is 83.6 Å². The minimum Gasteiger partial charge on any atom is -0.391 e. The number of ether oxygens (including phenoxy) is 1. The van der Waals surface area contributed by atoms with Gasteiger partial charge in [0.15, 0.2) is 5.82 Å². The topological polar surface area (TPSA) is 221 Å². The summed E-state index contributed by atoms with van der Waals surface area (Å²) in [7, 11) is 1.62. The van der Waals surface area contributed by atoms with E-state index in [2.05, 4.69) is 40.9 Å². The van der Waals surface area contributed by atoms with E-state index in [0.717, 1.165) is 103 Å². The number of aliphatic hydroxyl groups excluding tert-OH is 1. The monoisotopic (exact) mass is 1160 g/mol. The molecule has 9 rings (SSSR count). The number of nitrogens with one attached hydrogen (secondary N) is 4. The Balaban J connectivity index is 0.679. The summed E-state index contributed by atoms with van der Waals surface area (Å²) in [5.74, 6) is -0.461. The Bertz CT molecular complexity index is 3060. The molecule has 0 aliphatic carbocycles. The van der Waals surface area contributed by atoms with Crippen LogP contribution in [-0.4, -0.2) is 134 Å². The van der Waals surface area contributed by atoms with Crippen LogP contribution in [0.4, 0.5) is 25.1 Å². The van der Waals surface area contributed by atoms with Crippen LogP contribution in [0, 0.1) is 12.3 Å². The zero-order valence-corrected chi connectivity index (χ0v) is 49.5. The zero-order chi connectivity index (χ0) is 58.8. The molecule has 0 radical (unpaired) electrons. The highest BCUT2D eigenvalue weighted by Crippen LogP contribution is 2.44. The van der Waals surface area contributed by atoms with Gasteiger partial charge in [0.25, 0.3) is 6.43 Å². The molecule has 83 heavy (non-hydrogen) atoms. The Kier molecular flexibility index (Phi) is 20.3. The van der Waals surface area contributed by atoms with Crippen molar-refractivity contribution < 1.29 is 42.6 Å². The molecule has 2 aromatic carbocycles. The fourth-order valence-electron chi connectivity index (χ4n) is 12.0. The van der Waals surface area contributed by atoms with Crippen LogP contribution < -0.4 is 26.2 Å². The third-order valence-corrected chi connectivity index (χ3v) is 17.6. The second kappa shape index (κ2) is 27.7. The number of urea groups is 1. The second-order valence-electron chi connectivity index (χ2n) is 23.7. The number of halogens is 2. The van der Waals surface area contributed by atoms with E-state index in [1.54, 1.807) is 35.5 Å². The van der Waals surface area contributed by atoms with Crippen LogP contribution in [0.5, 0.6) is 0 Å². The third kappa shape index (κ3) is 15.0. The van der Waals surface area contributed by atoms with Gasteiger partial charge in [-0.3, -0.25) is 28.5 Å². The number of anilines is 2. The van der Waals surface area contributed by atoms with E-state index in [1.807, 2.05) is 63.5 Å². The van der Waals surface area contributed by atoms with Crippen LogP contribution >= 0.6 is 11.3 Å². The molecule has 3 atom stereocenters. The molecular formula is C61H82F2N12O7S. The Hall–Kier alpha value is -6.78. The van der Waals surface area contributed by atoms with Gasteiger partial charge in [0.05, 0.1) is 41.0 Å². The maximum absolute atomic E-state index is 15.1. The first-order valence-corrected chi connectivity index (χ1v) is 30.6. The molecule has 0 spiro atoms. The number of alkyl halides is 2. The lowest BCUT2D eigenvalue weighted by Crippen LogP contribution is -2.57. The predicted octanol–water partition coefficient (Wildman–Crippen LogP) is 8.69. The minimum absolute atomic E-state index is 0.0113. The summed E-state index contributed by atoms with van der Waals surface area (Å²) in [4.78, 5) is 77.3. The number of fused-ring (bicyclic) bond motifs is 2. The van der Waals surface area contributed by atoms with Crippen LogP contribution in [0.1, 0.15) is 150 Å². The van der Waals surface area contributed by atoms with Gasteiger partial charge in [0.2, 0.25) is 23.6 Å². The van der Waals surface area contributed by atoms with Crippen molar-refractivity contribution >= 4 is 52.5 Å². The smallest absolute Gasteiger partial charge is 0.317 e. The molecule has 19 nitrogen and oxygen atoms in total. The Morgan fingerprint density at radius 1 is 0.904 bits per heavy atom. The van der Waals surface area contributed by atoms with Gasteiger partial charge in [0.1, 0.15) is 18.6 Å². The highest BCUT2D eigenvalue weighted by atomic mass is 32.1. The number of aliphatic hydroxyl groups is 1. The lowest BCUT2D eigenvalue weighted by molar-refractivity contribution is -0.144. The highest BCUT2D eigenvalue weighted by molar-refractivity contribution is 7.13. The molecule has 448 valence electrons. The first kappa shape index (κ1) is 60.8. The second-order valence-corrected chi connectivity index (χ2v) is 24.5. The zero-order valence-electron chi connectivity index (χ0n) is 48.7. The number of hydrogen-bond donors (Lipinski definition) is 5. The van der Waals surface area contributed by atoms with E-state index < -0.39 is 30.0 Å². The van der Waals surface area contributed by atoms with E-state index >= 15 is 8.78 Å². The van der Waals surface area contributed by atoms with E-state index in [1.165, 1.54) is 15.8 Å². The number of likely N-dealkylation sites (tertiary alicyclic amines) is 1. The van der Waals surface area contributed by atoms with Crippen LogP contribution in [0.15, 0.2) is 54.3 Å². The maximum Gasteiger partial charge on any atom is 0.317 e. The largest absolute Gasteiger partial charge is 0.391 e. The van der Waals surface area contributed by atoms with E-state index in [0.29, 0.717) is 81.3 Å². The van der Waals surface area contributed by atoms with E-state index in [9.17, 15) is 29.1 Å². The molecule has 2 fully saturated rings. The average molecular weight is 1170 g/mol. The lowest BCUT2D eigenvalue weighted by Gasteiger charge is -2.35. The summed E-state index contributed by atoms with van der Waals surface area (Å²) >= 11 is 1.57. The third-order valence-electron chi connectivity index (χ3n) is 16.6. The van der Waals surface area contributed by atoms with Crippen molar-refractivity contribution in [1.82, 2.24) is 55.6 Å². The van der Waals surface area contributed by atoms with Crippen molar-refractivity contribution in [3.8, 4) is 21.6 Å². The van der Waals surface area contributed by atoms with Gasteiger partial charge in [-0.2, -0.15) is 10.2 Å². The van der Waals surface area contributed by atoms with Crippen LogP contribution in [0.25, 0.3) is 21.6 Å². The number of nitrogens with zero attached hydrogens (tertiary/aromatic N) is 8. The Morgan fingerprint density at radius 2 is 1.64 bits per heavy atom. The van der Waals surface area contributed by atoms with Crippen molar-refractivity contribution in [2.24, 2.45) is 5.41 Å². The molecule has 6 amide bonds. The summed E-state index contributed by atoms with van der Waals surface area (Å²) in [6.07, 6.45) is 11.0. The number of amides is 6. The van der Waals surface area contributed by atoms with Crippen molar-refractivity contribution in [3.63, 3.8) is 0 Å². The van der Waals surface area contributed by atoms with Gasteiger partial charge < -0.3 is 45.8 Å². The summed E-state index contributed by atoms with van der Waals surface area (Å²) in [5, 5.41) is 31.8. The van der Waals surface area contributed by atoms with Crippen molar-refractivity contribution in [1.29, 1.82) is 0 Å². The van der Waals surface area contributed by atoms with Gasteiger partial charge in [-0.15, -0.1) is 11.3 Å². The quantitative estimate of drug-likeness (QED) is 0.0390. The molecule has 4 aliphatic heterocycles. The van der Waals surface area contributed by atoms with E-state index in [4.69, 9.17) is 9.84 Å². The number of aryl methyl sites for hydroxylation is 2. The molecule has 0 saturated carbocycles. The van der Waals surface area contributed by atoms with Crippen LogP contribution in [0.3, 0.4) is 0 Å². The number of carbonyl (C=O) groups excluding carboxylic acids is 5. The lowest BCUT2D eigenvalue weighted by atomic mass is 9.85. The fraction of sp³-hybridized carbons (Fsp3) is 0.574. The number of unbranched alkanes of at least 4 members (excludes halogenated alkanes) is 7. The van der Waals surface area contributed by atoms with Crippen LogP contribution in [-0.2, 0) is 56.4 Å². The minimum atomic E-state index is -2.77. The number of β-amino-alcohol motifs (C(OH)–C–C–N with tert-alkyl or cyclic N) is 1. The van der Waals surface area contributed by atoms with E-state index in [-0.39, 0.29) is 73.7 Å². The number of benzene rings is 2. The molecule has 4 aliphatic rings. The molecule has 0 unspecified atom stereocenters. The summed E-state index contributed by atoms with van der Waals surface area (Å²) in [6.45, 7) is 11.2. The molecule has 7 heterocycles. The summed E-state index contributed by atoms with van der Waals surface area (Å²) < 4.78 is 39.4. The molecule has 3 aromatic heterocycles. The number of hydrogen-bond acceptors (Lipinski definition) is 12. The summed E-state index contributed by atoms with van der Waals surface area (Å²) in [6, 6.07) is 9.59. The predicted molar refractivity (Wildman–Crippen MR) is 314 cm³/mol. The number of rotatable bonds is 23. The van der Waals surface area contributed by atoms with Crippen molar-refractivity contribution in [2.75, 3.05) is 51.3 Å². The summed E-state index contributed by atoms with van der Waals surface area (Å²) in [5.41, 5.74) is 8.51. The van der Waals surface area contributed by atoms with Gasteiger partial charge in [0, 0.05) is 107 Å². The molecule has 22 heteroatoms. The SMILES string of the molecule is CNC(=O)N1CCc2c(c(N3CCCc4cc(-c5cnn(CC(=O)NCCCCCCCCCCC(=O)N[C@H](C(=O)N6C[C@H](O)C[C@H]6C(=O)NCc6ccc(-c7scnc7C)cc6)C(C)(C)C)c5)c(C(F)F)cc43)nn2C2CCOCC2)C1. The fourth-order valence-corrected chi connectivity index (χ4v) is 12.8. The van der Waals surface area contributed by atoms with Crippen LogP contribution in [0.2, 0.25) is 0 Å². The van der Waals surface area contributed by atoms with Gasteiger partial charge in [-0.25, -0.2) is 18.6 Å². The van der Waals surface area contributed by atoms with Gasteiger partial charge >= 0.3 is 6.03 Å². The number of thiazole rings is 1. The molecular weight excluding hydrogens is 1080 g/mol. The number of carbonyl (C=O) groups is 5. The standard InChI is InChI=1S/C61H82F2N12O7S/c1-39-54(83-38-67-39)41-19-17-40(18-20-41)32-66-58(79)51-30-45(76)35-74(51)59(80)55(61(2,3)4)69-52(77)16-12-10-8-6-7-9-11-13-24-65-53(78)37-72-34-43(33-68-72)46-29-42-15-14-25-73(50(42)31-47(46)56(62)63)57-48-36-71(60(81)64-5)26-21-49(48)75(70-57)44-22-27-82-28-23-44/h17-20,29,31,33-34,38,44-45,51,55-56,76H,6-16,21-28,30,32,35-37H2,1-5H3,(H,64,81)(H,65,78)(H,66,79)(H,69,77)/t45-,51+,55-/m1/s1. The maximum atomic E-state index is 15.1.